The van der Waals surface area contributed by atoms with E-state index in [0.29, 0.717) is 16.8 Å². The predicted octanol–water partition coefficient (Wildman–Crippen LogP) is 5.18. The zero-order valence-corrected chi connectivity index (χ0v) is 15.8. The molecule has 1 aliphatic rings. The third kappa shape index (κ3) is 3.69. The van der Waals surface area contributed by atoms with Crippen molar-refractivity contribution in [3.63, 3.8) is 0 Å². The van der Waals surface area contributed by atoms with E-state index in [0.717, 1.165) is 16.9 Å². The molecule has 134 valence electrons. The number of hydrogen-bond donors (Lipinski definition) is 1. The number of Topliss-reactive ketones (excluding diaryl/α,β-unsaturated/α-hetero) is 1. The lowest BCUT2D eigenvalue weighted by atomic mass is 10.1. The minimum Gasteiger partial charge on any atom is -0.495 e. The molecular weight excluding hydrogens is 336 g/mol. The predicted molar refractivity (Wildman–Crippen MR) is 102 cm³/mol. The van der Waals surface area contributed by atoms with E-state index in [2.05, 4.69) is 23.7 Å². The summed E-state index contributed by atoms with van der Waals surface area (Å²) in [6, 6.07) is 8.00. The molecule has 0 radical (unpaired) electrons. The lowest BCUT2D eigenvalue weighted by molar-refractivity contribution is 0.101. The number of benzene rings is 1. The van der Waals surface area contributed by atoms with Crippen LogP contribution in [-0.4, -0.2) is 24.0 Å². The smallest absolute Gasteiger partial charge is 0.183 e. The number of carbonyl (C=O) groups excluding carboxylic acids is 1. The summed E-state index contributed by atoms with van der Waals surface area (Å²) in [6.45, 7) is 4.40. The molecule has 0 atom stereocenters. The highest BCUT2D eigenvalue weighted by atomic mass is 35.5. The first-order valence-electron chi connectivity index (χ1n) is 8.80. The maximum atomic E-state index is 12.7. The first kappa shape index (κ1) is 17.9. The quantitative estimate of drug-likeness (QED) is 0.722. The SMILES string of the molecule is COc1ccc(NCC(=O)c2cc(C)n(C3CCCC3)c2C)cc1Cl. The Kier molecular flexibility index (Phi) is 5.38. The van der Waals surface area contributed by atoms with E-state index in [4.69, 9.17) is 16.3 Å². The fourth-order valence-corrected chi connectivity index (χ4v) is 4.10. The number of carbonyl (C=O) groups is 1. The Labute approximate surface area is 154 Å². The van der Waals surface area contributed by atoms with E-state index in [1.54, 1.807) is 19.2 Å². The van der Waals surface area contributed by atoms with Crippen LogP contribution < -0.4 is 10.1 Å². The van der Waals surface area contributed by atoms with Gasteiger partial charge in [-0.1, -0.05) is 24.4 Å². The van der Waals surface area contributed by atoms with Gasteiger partial charge in [0, 0.05) is 28.7 Å². The number of halogens is 1. The topological polar surface area (TPSA) is 43.3 Å². The molecule has 4 nitrogen and oxygen atoms in total. The van der Waals surface area contributed by atoms with Crippen molar-refractivity contribution in [2.75, 3.05) is 19.0 Å². The van der Waals surface area contributed by atoms with Gasteiger partial charge in [-0.2, -0.15) is 0 Å². The number of aryl methyl sites for hydroxylation is 1. The van der Waals surface area contributed by atoms with Gasteiger partial charge in [-0.3, -0.25) is 4.79 Å². The maximum absolute atomic E-state index is 12.7. The molecule has 0 bridgehead atoms. The summed E-state index contributed by atoms with van der Waals surface area (Å²) in [4.78, 5) is 12.7. The van der Waals surface area contributed by atoms with Crippen molar-refractivity contribution in [2.24, 2.45) is 0 Å². The average Bonchev–Trinajstić information content (AvgIpc) is 3.20. The minimum absolute atomic E-state index is 0.101. The zero-order valence-electron chi connectivity index (χ0n) is 15.1. The van der Waals surface area contributed by atoms with Crippen LogP contribution in [-0.2, 0) is 0 Å². The Hall–Kier alpha value is -1.94. The van der Waals surface area contributed by atoms with Gasteiger partial charge >= 0.3 is 0 Å². The normalized spacial score (nSPS) is 14.7. The molecule has 0 spiro atoms. The second-order valence-electron chi connectivity index (χ2n) is 6.72. The van der Waals surface area contributed by atoms with Crippen LogP contribution in [0.5, 0.6) is 5.75 Å². The number of rotatable bonds is 6. The fourth-order valence-electron chi connectivity index (χ4n) is 3.84. The van der Waals surface area contributed by atoms with Crippen molar-refractivity contribution in [1.29, 1.82) is 0 Å². The molecule has 3 rings (SSSR count). The first-order chi connectivity index (χ1) is 12.0. The average molecular weight is 361 g/mol. The van der Waals surface area contributed by atoms with Crippen molar-refractivity contribution < 1.29 is 9.53 Å². The summed E-state index contributed by atoms with van der Waals surface area (Å²) in [5.41, 5.74) is 3.89. The second-order valence-corrected chi connectivity index (χ2v) is 7.13. The van der Waals surface area contributed by atoms with Crippen LogP contribution in [0.2, 0.25) is 5.02 Å². The molecule has 5 heteroatoms. The molecule has 0 amide bonds. The van der Waals surface area contributed by atoms with E-state index in [-0.39, 0.29) is 12.3 Å². The summed E-state index contributed by atoms with van der Waals surface area (Å²) in [5, 5.41) is 3.69. The van der Waals surface area contributed by atoms with E-state index < -0.39 is 0 Å². The minimum atomic E-state index is 0.101. The molecule has 0 aliphatic heterocycles. The molecule has 2 aromatic rings. The van der Waals surface area contributed by atoms with Crippen molar-refractivity contribution in [1.82, 2.24) is 4.57 Å². The van der Waals surface area contributed by atoms with Crippen LogP contribution in [0, 0.1) is 13.8 Å². The third-order valence-corrected chi connectivity index (χ3v) is 5.37. The Bertz CT molecular complexity index is 776. The van der Waals surface area contributed by atoms with Crippen LogP contribution in [0.1, 0.15) is 53.5 Å². The van der Waals surface area contributed by atoms with E-state index in [1.807, 2.05) is 12.1 Å². The first-order valence-corrected chi connectivity index (χ1v) is 9.18. The molecule has 1 heterocycles. The maximum Gasteiger partial charge on any atom is 0.183 e. The van der Waals surface area contributed by atoms with Gasteiger partial charge in [-0.25, -0.2) is 0 Å². The molecule has 1 aromatic carbocycles. The highest BCUT2D eigenvalue weighted by molar-refractivity contribution is 6.32. The zero-order chi connectivity index (χ0) is 18.0. The second kappa shape index (κ2) is 7.52. The Morgan fingerprint density at radius 2 is 2.00 bits per heavy atom. The number of ketones is 1. The Morgan fingerprint density at radius 3 is 2.64 bits per heavy atom. The lowest BCUT2D eigenvalue weighted by Crippen LogP contribution is -2.15. The van der Waals surface area contributed by atoms with Gasteiger partial charge in [-0.15, -0.1) is 0 Å². The van der Waals surface area contributed by atoms with Gasteiger partial charge in [0.25, 0.3) is 0 Å². The van der Waals surface area contributed by atoms with Crippen LogP contribution in [0.15, 0.2) is 24.3 Å². The van der Waals surface area contributed by atoms with Gasteiger partial charge in [-0.05, 0) is 51.0 Å². The molecule has 1 aliphatic carbocycles. The summed E-state index contributed by atoms with van der Waals surface area (Å²) < 4.78 is 7.50. The van der Waals surface area contributed by atoms with E-state index >= 15 is 0 Å². The number of nitrogens with one attached hydrogen (secondary N) is 1. The lowest BCUT2D eigenvalue weighted by Gasteiger charge is -2.17. The highest BCUT2D eigenvalue weighted by Gasteiger charge is 2.23. The van der Waals surface area contributed by atoms with Crippen LogP contribution >= 0.6 is 11.6 Å². The van der Waals surface area contributed by atoms with Gasteiger partial charge in [0.15, 0.2) is 5.78 Å². The molecule has 1 saturated carbocycles. The van der Waals surface area contributed by atoms with Gasteiger partial charge in [0.05, 0.1) is 18.7 Å². The van der Waals surface area contributed by atoms with Crippen molar-refractivity contribution >= 4 is 23.1 Å². The van der Waals surface area contributed by atoms with Crippen LogP contribution in [0.3, 0.4) is 0 Å². The molecule has 1 fully saturated rings. The summed E-state index contributed by atoms with van der Waals surface area (Å²) in [7, 11) is 1.58. The van der Waals surface area contributed by atoms with Crippen molar-refractivity contribution in [3.05, 3.63) is 46.2 Å². The molecule has 0 unspecified atom stereocenters. The Balaban J connectivity index is 1.71. The number of ether oxygens (including phenoxy) is 1. The third-order valence-electron chi connectivity index (χ3n) is 5.08. The van der Waals surface area contributed by atoms with Crippen LogP contribution in [0.25, 0.3) is 0 Å². The molecule has 1 N–H and O–H groups in total. The highest BCUT2D eigenvalue weighted by Crippen LogP contribution is 2.33. The number of methoxy groups -OCH3 is 1. The van der Waals surface area contributed by atoms with Crippen molar-refractivity contribution in [3.8, 4) is 5.75 Å². The number of anilines is 1. The van der Waals surface area contributed by atoms with Gasteiger partial charge in [0.2, 0.25) is 0 Å². The van der Waals surface area contributed by atoms with Crippen LogP contribution in [0.4, 0.5) is 5.69 Å². The monoisotopic (exact) mass is 360 g/mol. The molecule has 25 heavy (non-hydrogen) atoms. The van der Waals surface area contributed by atoms with Gasteiger partial charge in [0.1, 0.15) is 5.75 Å². The van der Waals surface area contributed by atoms with Gasteiger partial charge < -0.3 is 14.6 Å². The molecule has 0 saturated heterocycles. The largest absolute Gasteiger partial charge is 0.495 e. The number of aromatic nitrogens is 1. The fraction of sp³-hybridized carbons (Fsp3) is 0.450. The van der Waals surface area contributed by atoms with E-state index in [1.165, 1.54) is 31.4 Å². The number of hydrogen-bond acceptors (Lipinski definition) is 3. The standard InChI is InChI=1S/C20H25ClN2O2/c1-13-10-17(14(2)23(13)16-6-4-5-7-16)19(24)12-22-15-8-9-20(25-3)18(21)11-15/h8-11,16,22H,4-7,12H2,1-3H3. The summed E-state index contributed by atoms with van der Waals surface area (Å²) >= 11 is 6.13. The molecule has 1 aromatic heterocycles. The molecular formula is C20H25ClN2O2. The number of nitrogens with zero attached hydrogens (tertiary/aromatic N) is 1. The van der Waals surface area contributed by atoms with Crippen molar-refractivity contribution in [2.45, 2.75) is 45.6 Å². The van der Waals surface area contributed by atoms with E-state index in [9.17, 15) is 4.79 Å². The Morgan fingerprint density at radius 1 is 1.28 bits per heavy atom. The summed E-state index contributed by atoms with van der Waals surface area (Å²) in [6.07, 6.45) is 4.99. The summed E-state index contributed by atoms with van der Waals surface area (Å²) in [5.74, 6) is 0.725.